The number of methoxy groups -OCH3 is 2. The first kappa shape index (κ1) is 30.5. The summed E-state index contributed by atoms with van der Waals surface area (Å²) < 4.78 is 23.3. The van der Waals surface area contributed by atoms with Crippen molar-refractivity contribution in [2.24, 2.45) is 0 Å². The summed E-state index contributed by atoms with van der Waals surface area (Å²) in [6.45, 7) is 2.33. The third-order valence-electron chi connectivity index (χ3n) is 9.19. The normalized spacial score (nSPS) is 20.3. The van der Waals surface area contributed by atoms with Gasteiger partial charge < -0.3 is 24.3 Å². The summed E-state index contributed by atoms with van der Waals surface area (Å²) in [6, 6.07) is 23.6. The first-order chi connectivity index (χ1) is 21.9. The second-order valence-electron chi connectivity index (χ2n) is 12.1. The summed E-state index contributed by atoms with van der Waals surface area (Å²) in [5.41, 5.74) is 5.60. The molecular formula is C38H41NO6. The van der Waals surface area contributed by atoms with E-state index in [1.54, 1.807) is 14.2 Å². The average Bonchev–Trinajstić information content (AvgIpc) is 3.07. The number of nitrogens with one attached hydrogen (secondary N) is 1. The molecule has 0 radical (unpaired) electrons. The van der Waals surface area contributed by atoms with Crippen molar-refractivity contribution < 1.29 is 28.5 Å². The minimum Gasteiger partial charge on any atom is -0.493 e. The van der Waals surface area contributed by atoms with Gasteiger partial charge in [0.25, 0.3) is 0 Å². The summed E-state index contributed by atoms with van der Waals surface area (Å²) in [5.74, 6) is 1.01. The summed E-state index contributed by atoms with van der Waals surface area (Å²) in [4.78, 5) is 28.1. The standard InChI is InChI=1S/C38H41NO6/c1-24-35(38(41)45-29-14-8-5-9-15-29)36(27-13-10-16-30(19-27)44-23-25-11-6-4-7-12-25)37-31(39-24)20-28(21-32(37)40)26-17-18-33(42-2)34(22-26)43-3/h4,6-7,10-13,16-19,22,28-29,36,39H,5,8-9,14-15,20-21,23H2,1-3H3. The zero-order chi connectivity index (χ0) is 31.3. The van der Waals surface area contributed by atoms with Crippen LogP contribution in [0, 0.1) is 0 Å². The molecule has 3 aromatic rings. The maximum Gasteiger partial charge on any atom is 0.337 e. The van der Waals surface area contributed by atoms with E-state index in [4.69, 9.17) is 18.9 Å². The van der Waals surface area contributed by atoms with E-state index in [0.29, 0.717) is 47.8 Å². The molecule has 2 unspecified atom stereocenters. The van der Waals surface area contributed by atoms with E-state index in [-0.39, 0.29) is 23.8 Å². The number of esters is 1. The molecule has 234 valence electrons. The molecule has 0 bridgehead atoms. The van der Waals surface area contributed by atoms with Gasteiger partial charge in [0.1, 0.15) is 18.5 Å². The number of rotatable bonds is 9. The lowest BCUT2D eigenvalue weighted by Gasteiger charge is -2.37. The molecular weight excluding hydrogens is 566 g/mol. The van der Waals surface area contributed by atoms with Crippen molar-refractivity contribution in [1.29, 1.82) is 0 Å². The van der Waals surface area contributed by atoms with Crippen LogP contribution in [0.25, 0.3) is 0 Å². The van der Waals surface area contributed by atoms with Gasteiger partial charge in [-0.1, -0.05) is 55.0 Å². The number of ketones is 1. The van der Waals surface area contributed by atoms with Crippen LogP contribution < -0.4 is 19.5 Å². The van der Waals surface area contributed by atoms with Crippen molar-refractivity contribution in [3.8, 4) is 17.2 Å². The number of allylic oxidation sites excluding steroid dienone is 3. The molecule has 45 heavy (non-hydrogen) atoms. The van der Waals surface area contributed by atoms with Crippen LogP contribution in [-0.4, -0.2) is 32.1 Å². The van der Waals surface area contributed by atoms with Gasteiger partial charge in [-0.3, -0.25) is 4.79 Å². The Bertz CT molecular complexity index is 1620. The molecule has 6 rings (SSSR count). The molecule has 0 spiro atoms. The molecule has 7 heteroatoms. The Morgan fingerprint density at radius 3 is 2.38 bits per heavy atom. The molecule has 7 nitrogen and oxygen atoms in total. The van der Waals surface area contributed by atoms with Crippen LogP contribution in [-0.2, 0) is 20.9 Å². The van der Waals surface area contributed by atoms with Gasteiger partial charge >= 0.3 is 5.97 Å². The summed E-state index contributed by atoms with van der Waals surface area (Å²) in [5, 5.41) is 3.48. The number of hydrogen-bond donors (Lipinski definition) is 1. The lowest BCUT2D eigenvalue weighted by Crippen LogP contribution is -2.37. The number of benzene rings is 3. The lowest BCUT2D eigenvalue weighted by atomic mass is 9.71. The number of carbonyl (C=O) groups excluding carboxylic acids is 2. The molecule has 1 aliphatic heterocycles. The largest absolute Gasteiger partial charge is 0.493 e. The molecule has 1 saturated carbocycles. The Morgan fingerprint density at radius 1 is 0.844 bits per heavy atom. The highest BCUT2D eigenvalue weighted by molar-refractivity contribution is 6.04. The zero-order valence-corrected chi connectivity index (χ0v) is 26.3. The maximum absolute atomic E-state index is 14.2. The molecule has 2 atom stereocenters. The number of carbonyl (C=O) groups is 2. The van der Waals surface area contributed by atoms with Crippen molar-refractivity contribution in [3.63, 3.8) is 0 Å². The number of Topliss-reactive ketones (excluding diaryl/α,β-unsaturated/α-hetero) is 1. The second kappa shape index (κ2) is 13.6. The molecule has 2 aliphatic carbocycles. The van der Waals surface area contributed by atoms with E-state index in [2.05, 4.69) is 5.32 Å². The van der Waals surface area contributed by atoms with Gasteiger partial charge in [0.2, 0.25) is 0 Å². The topological polar surface area (TPSA) is 83.1 Å². The Hall–Kier alpha value is -4.52. The number of ether oxygens (including phenoxy) is 4. The van der Waals surface area contributed by atoms with E-state index in [9.17, 15) is 9.59 Å². The average molecular weight is 608 g/mol. The highest BCUT2D eigenvalue weighted by atomic mass is 16.5. The fraction of sp³-hybridized carbons (Fsp3) is 0.368. The summed E-state index contributed by atoms with van der Waals surface area (Å²) in [7, 11) is 3.22. The minimum atomic E-state index is -0.559. The van der Waals surface area contributed by atoms with E-state index in [1.165, 1.54) is 6.42 Å². The van der Waals surface area contributed by atoms with Crippen LogP contribution in [0.3, 0.4) is 0 Å². The van der Waals surface area contributed by atoms with Crippen molar-refractivity contribution in [2.75, 3.05) is 14.2 Å². The summed E-state index contributed by atoms with van der Waals surface area (Å²) in [6.07, 6.45) is 5.88. The Balaban J connectivity index is 1.35. The predicted molar refractivity (Wildman–Crippen MR) is 172 cm³/mol. The van der Waals surface area contributed by atoms with Crippen molar-refractivity contribution in [2.45, 2.75) is 76.4 Å². The van der Waals surface area contributed by atoms with Crippen molar-refractivity contribution >= 4 is 11.8 Å². The van der Waals surface area contributed by atoms with Gasteiger partial charge in [0, 0.05) is 29.3 Å². The highest BCUT2D eigenvalue weighted by Gasteiger charge is 2.42. The molecule has 0 amide bonds. The van der Waals surface area contributed by atoms with Gasteiger partial charge in [-0.15, -0.1) is 0 Å². The second-order valence-corrected chi connectivity index (χ2v) is 12.1. The smallest absolute Gasteiger partial charge is 0.337 e. The van der Waals surface area contributed by atoms with Gasteiger partial charge in [0.15, 0.2) is 17.3 Å². The van der Waals surface area contributed by atoms with Gasteiger partial charge in [-0.05, 0) is 85.9 Å². The Labute approximate surface area is 265 Å². The highest BCUT2D eigenvalue weighted by Crippen LogP contribution is 2.47. The van der Waals surface area contributed by atoms with Crippen LogP contribution in [0.15, 0.2) is 95.3 Å². The van der Waals surface area contributed by atoms with Crippen LogP contribution >= 0.6 is 0 Å². The zero-order valence-electron chi connectivity index (χ0n) is 26.3. The monoisotopic (exact) mass is 607 g/mol. The van der Waals surface area contributed by atoms with Crippen molar-refractivity contribution in [3.05, 3.63) is 112 Å². The van der Waals surface area contributed by atoms with E-state index in [1.807, 2.05) is 79.7 Å². The van der Waals surface area contributed by atoms with Crippen LogP contribution in [0.1, 0.15) is 80.4 Å². The van der Waals surface area contributed by atoms with E-state index >= 15 is 0 Å². The first-order valence-electron chi connectivity index (χ1n) is 15.9. The predicted octanol–water partition coefficient (Wildman–Crippen LogP) is 7.52. The van der Waals surface area contributed by atoms with Crippen LogP contribution in [0.2, 0.25) is 0 Å². The maximum atomic E-state index is 14.2. The van der Waals surface area contributed by atoms with Crippen molar-refractivity contribution in [1.82, 2.24) is 5.32 Å². The van der Waals surface area contributed by atoms with Crippen LogP contribution in [0.4, 0.5) is 0 Å². The quantitative estimate of drug-likeness (QED) is 0.252. The molecule has 1 N–H and O–H groups in total. The third kappa shape index (κ3) is 6.63. The SMILES string of the molecule is COc1ccc(C2CC(=O)C3=C(C2)NC(C)=C(C(=O)OC2CCCCC2)C3c2cccc(OCc3ccccc3)c2)cc1OC. The molecule has 0 aromatic heterocycles. The van der Waals surface area contributed by atoms with Gasteiger partial charge in [0.05, 0.1) is 19.8 Å². The molecule has 1 fully saturated rings. The number of hydrogen-bond acceptors (Lipinski definition) is 7. The van der Waals surface area contributed by atoms with E-state index < -0.39 is 5.92 Å². The molecule has 3 aromatic carbocycles. The Kier molecular flexibility index (Phi) is 9.24. The summed E-state index contributed by atoms with van der Waals surface area (Å²) >= 11 is 0. The molecule has 1 heterocycles. The fourth-order valence-electron chi connectivity index (χ4n) is 6.91. The van der Waals surface area contributed by atoms with Crippen LogP contribution in [0.5, 0.6) is 17.2 Å². The first-order valence-corrected chi connectivity index (χ1v) is 15.9. The number of dihydropyridines is 1. The van der Waals surface area contributed by atoms with Gasteiger partial charge in [-0.2, -0.15) is 0 Å². The lowest BCUT2D eigenvalue weighted by molar-refractivity contribution is -0.146. The van der Waals surface area contributed by atoms with Gasteiger partial charge in [-0.25, -0.2) is 4.79 Å². The van der Waals surface area contributed by atoms with E-state index in [0.717, 1.165) is 53.8 Å². The fourth-order valence-corrected chi connectivity index (χ4v) is 6.91. The third-order valence-corrected chi connectivity index (χ3v) is 9.19. The molecule has 0 saturated heterocycles. The Morgan fingerprint density at radius 2 is 1.62 bits per heavy atom. The molecule has 3 aliphatic rings. The minimum absolute atomic E-state index is 0.0135.